The number of carbonyl (C=O) groups is 1. The normalized spacial score (nSPS) is 19.1. The highest BCUT2D eigenvalue weighted by Crippen LogP contribution is 2.29. The van der Waals surface area contributed by atoms with E-state index in [0.717, 1.165) is 67.8 Å². The van der Waals surface area contributed by atoms with Crippen LogP contribution in [-0.4, -0.2) is 58.4 Å². The highest BCUT2D eigenvalue weighted by atomic mass is 16.2. The molecule has 2 fully saturated rings. The maximum atomic E-state index is 12.8. The first-order valence-corrected chi connectivity index (χ1v) is 11.2. The van der Waals surface area contributed by atoms with Gasteiger partial charge in [-0.25, -0.2) is 4.98 Å². The lowest BCUT2D eigenvalue weighted by Gasteiger charge is -2.35. The van der Waals surface area contributed by atoms with Crippen LogP contribution in [0.15, 0.2) is 36.5 Å². The molecule has 0 atom stereocenters. The minimum absolute atomic E-state index is 0.290. The number of rotatable bonds is 5. The zero-order valence-corrected chi connectivity index (χ0v) is 18.2. The van der Waals surface area contributed by atoms with Crippen LogP contribution in [0.1, 0.15) is 49.9 Å². The molecular weight excluding hydrogens is 374 g/mol. The smallest absolute Gasteiger partial charge is 0.236 e. The van der Waals surface area contributed by atoms with Crippen molar-refractivity contribution in [2.24, 2.45) is 5.92 Å². The van der Waals surface area contributed by atoms with Crippen LogP contribution in [0.5, 0.6) is 0 Å². The molecule has 4 heterocycles. The number of hydrogen-bond donors (Lipinski definition) is 1. The van der Waals surface area contributed by atoms with Crippen molar-refractivity contribution in [3.05, 3.63) is 47.9 Å². The van der Waals surface area contributed by atoms with E-state index in [2.05, 4.69) is 39.2 Å². The number of likely N-dealkylation sites (tertiary alicyclic amines) is 2. The van der Waals surface area contributed by atoms with Gasteiger partial charge in [0.15, 0.2) is 0 Å². The lowest BCUT2D eigenvalue weighted by atomic mass is 9.92. The number of piperidine rings is 2. The molecule has 1 N–H and O–H groups in total. The van der Waals surface area contributed by atoms with Crippen LogP contribution < -0.4 is 5.32 Å². The summed E-state index contributed by atoms with van der Waals surface area (Å²) in [5.74, 6) is 2.32. The summed E-state index contributed by atoms with van der Waals surface area (Å²) < 4.78 is 0. The Labute approximate surface area is 179 Å². The Hall–Kier alpha value is -2.47. The van der Waals surface area contributed by atoms with Gasteiger partial charge in [0.05, 0.1) is 6.54 Å². The Kier molecular flexibility index (Phi) is 6.62. The van der Waals surface area contributed by atoms with Crippen molar-refractivity contribution in [3.63, 3.8) is 0 Å². The predicted molar refractivity (Wildman–Crippen MR) is 120 cm³/mol. The van der Waals surface area contributed by atoms with Crippen LogP contribution in [0.3, 0.4) is 0 Å². The highest BCUT2D eigenvalue weighted by molar-refractivity contribution is 5.78. The van der Waals surface area contributed by atoms with E-state index in [1.54, 1.807) is 6.20 Å². The summed E-state index contributed by atoms with van der Waals surface area (Å²) >= 11 is 0. The SMILES string of the molecule is Cc1cc(Nc2ccccn2)cc(C2CCN(C(=O)CN3CCC(C)CC3)CC2)n1. The van der Waals surface area contributed by atoms with Crippen molar-refractivity contribution < 1.29 is 4.79 Å². The fourth-order valence-electron chi connectivity index (χ4n) is 4.50. The molecule has 2 aromatic rings. The second kappa shape index (κ2) is 9.56. The fraction of sp³-hybridized carbons (Fsp3) is 0.542. The molecule has 2 aliphatic rings. The molecule has 160 valence electrons. The Morgan fingerprint density at radius 3 is 2.57 bits per heavy atom. The quantitative estimate of drug-likeness (QED) is 0.813. The molecule has 0 bridgehead atoms. The lowest BCUT2D eigenvalue weighted by Crippen LogP contribution is -2.45. The molecule has 0 unspecified atom stereocenters. The molecule has 0 radical (unpaired) electrons. The number of aryl methyl sites for hydroxylation is 1. The molecule has 0 aromatic carbocycles. The monoisotopic (exact) mass is 407 g/mol. The van der Waals surface area contributed by atoms with Crippen molar-refractivity contribution in [2.45, 2.75) is 45.4 Å². The third-order valence-electron chi connectivity index (χ3n) is 6.41. The van der Waals surface area contributed by atoms with E-state index >= 15 is 0 Å². The summed E-state index contributed by atoms with van der Waals surface area (Å²) in [6, 6.07) is 10.0. The Balaban J connectivity index is 1.33. The largest absolute Gasteiger partial charge is 0.342 e. The predicted octanol–water partition coefficient (Wildman–Crippen LogP) is 3.97. The summed E-state index contributed by atoms with van der Waals surface area (Å²) in [6.45, 7) is 8.69. The molecule has 30 heavy (non-hydrogen) atoms. The van der Waals surface area contributed by atoms with Crippen molar-refractivity contribution in [1.82, 2.24) is 19.8 Å². The van der Waals surface area contributed by atoms with Gasteiger partial charge in [0.25, 0.3) is 0 Å². The van der Waals surface area contributed by atoms with Crippen molar-refractivity contribution in [3.8, 4) is 0 Å². The number of nitrogens with zero attached hydrogens (tertiary/aromatic N) is 4. The molecule has 2 saturated heterocycles. The van der Waals surface area contributed by atoms with Gasteiger partial charge >= 0.3 is 0 Å². The van der Waals surface area contributed by atoms with Crippen LogP contribution >= 0.6 is 0 Å². The van der Waals surface area contributed by atoms with Crippen molar-refractivity contribution in [1.29, 1.82) is 0 Å². The summed E-state index contributed by atoms with van der Waals surface area (Å²) in [5, 5.41) is 3.38. The Morgan fingerprint density at radius 1 is 1.10 bits per heavy atom. The van der Waals surface area contributed by atoms with Gasteiger partial charge in [0.2, 0.25) is 5.91 Å². The standard InChI is InChI=1S/C24H33N5O/c1-18-6-11-28(12-7-18)17-24(30)29-13-8-20(9-14-29)22-16-21(15-19(2)26-22)27-23-5-3-4-10-25-23/h3-5,10,15-16,18,20H,6-9,11-14,17H2,1-2H3,(H,25,26,27). The molecule has 6 heteroatoms. The molecule has 6 nitrogen and oxygen atoms in total. The molecule has 0 spiro atoms. The molecule has 0 aliphatic carbocycles. The van der Waals surface area contributed by atoms with Crippen molar-refractivity contribution >= 4 is 17.4 Å². The first-order valence-electron chi connectivity index (χ1n) is 11.2. The van der Waals surface area contributed by atoms with Crippen LogP contribution in [0.4, 0.5) is 11.5 Å². The van der Waals surface area contributed by atoms with E-state index < -0.39 is 0 Å². The minimum Gasteiger partial charge on any atom is -0.342 e. The van der Waals surface area contributed by atoms with Crippen LogP contribution in [0.2, 0.25) is 0 Å². The first kappa shape index (κ1) is 20.8. The molecule has 0 saturated carbocycles. The van der Waals surface area contributed by atoms with Crippen LogP contribution in [-0.2, 0) is 4.79 Å². The van der Waals surface area contributed by atoms with Gasteiger partial charge < -0.3 is 10.2 Å². The number of aromatic nitrogens is 2. The van der Waals surface area contributed by atoms with E-state index in [9.17, 15) is 4.79 Å². The summed E-state index contributed by atoms with van der Waals surface area (Å²) in [4.78, 5) is 26.3. The molecule has 4 rings (SSSR count). The van der Waals surface area contributed by atoms with Crippen LogP contribution in [0.25, 0.3) is 0 Å². The fourth-order valence-corrected chi connectivity index (χ4v) is 4.50. The van der Waals surface area contributed by atoms with Gasteiger partial charge in [-0.05, 0) is 75.9 Å². The van der Waals surface area contributed by atoms with E-state index in [-0.39, 0.29) is 5.91 Å². The number of hydrogen-bond acceptors (Lipinski definition) is 5. The van der Waals surface area contributed by atoms with E-state index in [0.29, 0.717) is 12.5 Å². The molecule has 2 aliphatic heterocycles. The van der Waals surface area contributed by atoms with Crippen LogP contribution in [0, 0.1) is 12.8 Å². The second-order valence-electron chi connectivity index (χ2n) is 8.88. The summed E-state index contributed by atoms with van der Waals surface area (Å²) in [5.41, 5.74) is 3.14. The molecular formula is C24H33N5O. The Bertz CT molecular complexity index is 840. The van der Waals surface area contributed by atoms with E-state index in [1.807, 2.05) is 25.1 Å². The van der Waals surface area contributed by atoms with Gasteiger partial charge in [-0.1, -0.05) is 13.0 Å². The number of amides is 1. The number of carbonyl (C=O) groups excluding carboxylic acids is 1. The van der Waals surface area contributed by atoms with E-state index in [4.69, 9.17) is 4.98 Å². The van der Waals surface area contributed by atoms with Gasteiger partial charge in [-0.3, -0.25) is 14.7 Å². The zero-order chi connectivity index (χ0) is 20.9. The maximum Gasteiger partial charge on any atom is 0.236 e. The average Bonchev–Trinajstić information content (AvgIpc) is 2.76. The van der Waals surface area contributed by atoms with Gasteiger partial charge in [-0.2, -0.15) is 0 Å². The summed E-state index contributed by atoms with van der Waals surface area (Å²) in [6.07, 6.45) is 6.16. The molecule has 2 aromatic heterocycles. The number of nitrogens with one attached hydrogen (secondary N) is 1. The topological polar surface area (TPSA) is 61.4 Å². The zero-order valence-electron chi connectivity index (χ0n) is 18.2. The number of pyridine rings is 2. The van der Waals surface area contributed by atoms with Gasteiger partial charge in [0.1, 0.15) is 5.82 Å². The van der Waals surface area contributed by atoms with Crippen molar-refractivity contribution in [2.75, 3.05) is 38.0 Å². The summed E-state index contributed by atoms with van der Waals surface area (Å²) in [7, 11) is 0. The molecule has 1 amide bonds. The van der Waals surface area contributed by atoms with E-state index in [1.165, 1.54) is 12.8 Å². The minimum atomic E-state index is 0.290. The first-order chi connectivity index (χ1) is 14.6. The maximum absolute atomic E-state index is 12.8. The van der Waals surface area contributed by atoms with Gasteiger partial charge in [-0.15, -0.1) is 0 Å². The lowest BCUT2D eigenvalue weighted by molar-refractivity contribution is -0.133. The van der Waals surface area contributed by atoms with Gasteiger partial charge in [0, 0.05) is 42.3 Å². The Morgan fingerprint density at radius 2 is 1.87 bits per heavy atom. The second-order valence-corrected chi connectivity index (χ2v) is 8.88. The number of anilines is 2. The average molecular weight is 408 g/mol. The third kappa shape index (κ3) is 5.36. The highest BCUT2D eigenvalue weighted by Gasteiger charge is 2.27. The third-order valence-corrected chi connectivity index (χ3v) is 6.41.